The van der Waals surface area contributed by atoms with Gasteiger partial charge in [-0.15, -0.1) is 16.4 Å². The van der Waals surface area contributed by atoms with Crippen molar-refractivity contribution in [2.75, 3.05) is 25.1 Å². The number of hydrogen-bond acceptors (Lipinski definition) is 6. The van der Waals surface area contributed by atoms with Crippen molar-refractivity contribution in [2.24, 2.45) is 7.05 Å². The van der Waals surface area contributed by atoms with E-state index in [4.69, 9.17) is 4.74 Å². The first kappa shape index (κ1) is 14.8. The normalized spacial score (nSPS) is 17.7. The molecular weight excluding hydrogens is 302 g/mol. The summed E-state index contributed by atoms with van der Waals surface area (Å²) < 4.78 is 6.70. The van der Waals surface area contributed by atoms with Crippen molar-refractivity contribution >= 4 is 22.4 Å². The Hall–Kier alpha value is -2.09. The van der Waals surface area contributed by atoms with E-state index in [9.17, 15) is 4.79 Å². The molecule has 0 bridgehead atoms. The fourth-order valence-corrected chi connectivity index (χ4v) is 3.48. The van der Waals surface area contributed by atoms with E-state index >= 15 is 0 Å². The number of ether oxygens (including phenoxy) is 1. The SMILES string of the molecule is COc1nn(C)cc1C(=O)NCC1CCCN1c1nccs1. The Morgan fingerprint density at radius 1 is 1.59 bits per heavy atom. The minimum absolute atomic E-state index is 0.157. The van der Waals surface area contributed by atoms with Crippen LogP contribution < -0.4 is 15.0 Å². The van der Waals surface area contributed by atoms with Crippen LogP contribution >= 0.6 is 11.3 Å². The van der Waals surface area contributed by atoms with Crippen LogP contribution in [-0.2, 0) is 7.05 Å². The van der Waals surface area contributed by atoms with E-state index in [-0.39, 0.29) is 11.9 Å². The Kier molecular flexibility index (Phi) is 4.28. The van der Waals surface area contributed by atoms with Crippen LogP contribution in [0.1, 0.15) is 23.2 Å². The van der Waals surface area contributed by atoms with Gasteiger partial charge in [-0.2, -0.15) is 0 Å². The standard InChI is InChI=1S/C14H19N5O2S/c1-18-9-11(13(17-18)21-2)12(20)16-8-10-4-3-6-19(10)14-15-5-7-22-14/h5,7,9-10H,3-4,6,8H2,1-2H3,(H,16,20). The molecule has 7 nitrogen and oxygen atoms in total. The van der Waals surface area contributed by atoms with Gasteiger partial charge in [0, 0.05) is 44.0 Å². The number of anilines is 1. The highest BCUT2D eigenvalue weighted by Crippen LogP contribution is 2.26. The average Bonchev–Trinajstić information content (AvgIpc) is 3.23. The molecule has 0 spiro atoms. The number of amides is 1. The van der Waals surface area contributed by atoms with Gasteiger partial charge >= 0.3 is 0 Å². The zero-order valence-electron chi connectivity index (χ0n) is 12.7. The molecule has 1 amide bonds. The van der Waals surface area contributed by atoms with Crippen molar-refractivity contribution in [3.63, 3.8) is 0 Å². The highest BCUT2D eigenvalue weighted by Gasteiger charge is 2.27. The van der Waals surface area contributed by atoms with E-state index in [2.05, 4.69) is 20.3 Å². The number of methoxy groups -OCH3 is 1. The Morgan fingerprint density at radius 3 is 3.18 bits per heavy atom. The number of nitrogens with zero attached hydrogens (tertiary/aromatic N) is 4. The molecule has 1 atom stereocenters. The number of hydrogen-bond donors (Lipinski definition) is 1. The quantitative estimate of drug-likeness (QED) is 0.898. The van der Waals surface area contributed by atoms with Gasteiger partial charge in [0.05, 0.1) is 7.11 Å². The Balaban J connectivity index is 1.63. The number of thiazole rings is 1. The van der Waals surface area contributed by atoms with Gasteiger partial charge < -0.3 is 15.0 Å². The van der Waals surface area contributed by atoms with Gasteiger partial charge in [-0.3, -0.25) is 9.48 Å². The number of carbonyl (C=O) groups excluding carboxylic acids is 1. The maximum Gasteiger partial charge on any atom is 0.258 e. The Labute approximate surface area is 132 Å². The van der Waals surface area contributed by atoms with Gasteiger partial charge in [0.15, 0.2) is 5.13 Å². The summed E-state index contributed by atoms with van der Waals surface area (Å²) >= 11 is 1.63. The third kappa shape index (κ3) is 2.92. The summed E-state index contributed by atoms with van der Waals surface area (Å²) in [6, 6.07) is 0.290. The van der Waals surface area contributed by atoms with Gasteiger partial charge in [-0.25, -0.2) is 4.98 Å². The molecule has 2 aromatic rings. The summed E-state index contributed by atoms with van der Waals surface area (Å²) in [5, 5.41) is 10.1. The van der Waals surface area contributed by atoms with Gasteiger partial charge in [-0.05, 0) is 12.8 Å². The van der Waals surface area contributed by atoms with E-state index in [0.29, 0.717) is 18.0 Å². The zero-order chi connectivity index (χ0) is 15.5. The minimum atomic E-state index is -0.157. The van der Waals surface area contributed by atoms with E-state index in [1.165, 1.54) is 7.11 Å². The van der Waals surface area contributed by atoms with Crippen molar-refractivity contribution in [3.8, 4) is 5.88 Å². The molecule has 3 rings (SSSR count). The van der Waals surface area contributed by atoms with Crippen LogP contribution in [0.25, 0.3) is 0 Å². The van der Waals surface area contributed by atoms with Crippen LogP contribution in [0.2, 0.25) is 0 Å². The van der Waals surface area contributed by atoms with Crippen molar-refractivity contribution < 1.29 is 9.53 Å². The maximum absolute atomic E-state index is 12.3. The molecule has 0 aliphatic carbocycles. The van der Waals surface area contributed by atoms with E-state index in [0.717, 1.165) is 24.5 Å². The second kappa shape index (κ2) is 6.35. The van der Waals surface area contributed by atoms with Crippen molar-refractivity contribution in [1.82, 2.24) is 20.1 Å². The fraction of sp³-hybridized carbons (Fsp3) is 0.500. The maximum atomic E-state index is 12.3. The zero-order valence-corrected chi connectivity index (χ0v) is 13.5. The molecule has 0 aromatic carbocycles. The monoisotopic (exact) mass is 321 g/mol. The van der Waals surface area contributed by atoms with Gasteiger partial charge in [0.2, 0.25) is 5.88 Å². The van der Waals surface area contributed by atoms with Crippen LogP contribution in [0.3, 0.4) is 0 Å². The van der Waals surface area contributed by atoms with Crippen molar-refractivity contribution in [3.05, 3.63) is 23.3 Å². The van der Waals surface area contributed by atoms with Gasteiger partial charge in [0.1, 0.15) is 5.56 Å². The van der Waals surface area contributed by atoms with Crippen LogP contribution in [0.5, 0.6) is 5.88 Å². The molecule has 0 radical (unpaired) electrons. The number of rotatable bonds is 5. The summed E-state index contributed by atoms with van der Waals surface area (Å²) in [5.74, 6) is 0.194. The third-order valence-corrected chi connectivity index (χ3v) is 4.58. The molecule has 1 saturated heterocycles. The molecular formula is C14H19N5O2S. The molecule has 0 saturated carbocycles. The Morgan fingerprint density at radius 2 is 2.45 bits per heavy atom. The predicted molar refractivity (Wildman–Crippen MR) is 84.6 cm³/mol. The van der Waals surface area contributed by atoms with E-state index in [1.54, 1.807) is 29.3 Å². The van der Waals surface area contributed by atoms with Gasteiger partial charge in [-0.1, -0.05) is 0 Å². The van der Waals surface area contributed by atoms with E-state index < -0.39 is 0 Å². The van der Waals surface area contributed by atoms with Crippen LogP contribution in [0.15, 0.2) is 17.8 Å². The molecule has 3 heterocycles. The minimum Gasteiger partial charge on any atom is -0.479 e. The first-order valence-electron chi connectivity index (χ1n) is 7.21. The first-order valence-corrected chi connectivity index (χ1v) is 8.09. The molecule has 118 valence electrons. The second-order valence-electron chi connectivity index (χ2n) is 5.24. The summed E-state index contributed by atoms with van der Waals surface area (Å²) in [6.45, 7) is 1.58. The number of aryl methyl sites for hydroxylation is 1. The fourth-order valence-electron chi connectivity index (χ4n) is 2.74. The molecule has 1 N–H and O–H groups in total. The Bertz CT molecular complexity index is 640. The molecule has 8 heteroatoms. The lowest BCUT2D eigenvalue weighted by atomic mass is 10.2. The number of aromatic nitrogens is 3. The summed E-state index contributed by atoms with van der Waals surface area (Å²) in [5.41, 5.74) is 0.462. The molecule has 1 unspecified atom stereocenters. The molecule has 1 fully saturated rings. The average molecular weight is 321 g/mol. The third-order valence-electron chi connectivity index (χ3n) is 3.77. The lowest BCUT2D eigenvalue weighted by Crippen LogP contribution is -2.40. The lowest BCUT2D eigenvalue weighted by Gasteiger charge is -2.24. The smallest absolute Gasteiger partial charge is 0.258 e. The predicted octanol–water partition coefficient (Wildman–Crippen LogP) is 1.28. The number of nitrogens with one attached hydrogen (secondary N) is 1. The lowest BCUT2D eigenvalue weighted by molar-refractivity contribution is 0.0948. The van der Waals surface area contributed by atoms with Crippen LogP contribution in [0.4, 0.5) is 5.13 Å². The first-order chi connectivity index (χ1) is 10.7. The summed E-state index contributed by atoms with van der Waals surface area (Å²) in [7, 11) is 3.28. The highest BCUT2D eigenvalue weighted by molar-refractivity contribution is 7.13. The topological polar surface area (TPSA) is 72.3 Å². The van der Waals surface area contributed by atoms with Crippen molar-refractivity contribution in [2.45, 2.75) is 18.9 Å². The van der Waals surface area contributed by atoms with E-state index in [1.807, 2.05) is 11.6 Å². The largest absolute Gasteiger partial charge is 0.479 e. The highest BCUT2D eigenvalue weighted by atomic mass is 32.1. The molecule has 1 aliphatic rings. The molecule has 1 aliphatic heterocycles. The van der Waals surface area contributed by atoms with Gasteiger partial charge in [0.25, 0.3) is 5.91 Å². The second-order valence-corrected chi connectivity index (χ2v) is 6.11. The summed E-state index contributed by atoms with van der Waals surface area (Å²) in [6.07, 6.45) is 5.66. The number of carbonyl (C=O) groups is 1. The van der Waals surface area contributed by atoms with Crippen LogP contribution in [0, 0.1) is 0 Å². The van der Waals surface area contributed by atoms with Crippen molar-refractivity contribution in [1.29, 1.82) is 0 Å². The van der Waals surface area contributed by atoms with Crippen LogP contribution in [-0.4, -0.2) is 46.9 Å². The molecule has 2 aromatic heterocycles. The molecule has 22 heavy (non-hydrogen) atoms. The summed E-state index contributed by atoms with van der Waals surface area (Å²) in [4.78, 5) is 18.9.